The van der Waals surface area contributed by atoms with Crippen molar-refractivity contribution < 1.29 is 28.4 Å². The average molecular weight is 392 g/mol. The van der Waals surface area contributed by atoms with Crippen LogP contribution in [0.5, 0.6) is 6.01 Å². The molecule has 8 heteroatoms. The molecule has 29 heavy (non-hydrogen) atoms. The summed E-state index contributed by atoms with van der Waals surface area (Å²) in [6.45, 7) is 1.79. The average Bonchev–Trinajstić information content (AvgIpc) is 3.20. The number of carbonyl (C=O) groups excluding carboxylic acids is 3. The van der Waals surface area contributed by atoms with E-state index in [4.69, 9.17) is 14.0 Å². The molecule has 0 saturated carbocycles. The van der Waals surface area contributed by atoms with Gasteiger partial charge in [0.2, 0.25) is 0 Å². The summed E-state index contributed by atoms with van der Waals surface area (Å²) in [5.74, 6) is -1.12. The van der Waals surface area contributed by atoms with Crippen LogP contribution in [-0.4, -0.2) is 27.4 Å². The van der Waals surface area contributed by atoms with Crippen molar-refractivity contribution in [2.24, 2.45) is 5.92 Å². The summed E-state index contributed by atoms with van der Waals surface area (Å²) < 4.78 is 12.0. The number of hydrogen-bond donors (Lipinski definition) is 0. The Bertz CT molecular complexity index is 1220. The van der Waals surface area contributed by atoms with Gasteiger partial charge in [-0.1, -0.05) is 18.2 Å². The van der Waals surface area contributed by atoms with Gasteiger partial charge in [0.25, 0.3) is 0 Å². The first-order chi connectivity index (χ1) is 14.0. The van der Waals surface area contributed by atoms with Crippen LogP contribution in [0.4, 0.5) is 0 Å². The highest BCUT2D eigenvalue weighted by atomic mass is 16.7. The molecule has 2 aromatic heterocycles. The summed E-state index contributed by atoms with van der Waals surface area (Å²) in [6.07, 6.45) is 3.35. The van der Waals surface area contributed by atoms with Gasteiger partial charge in [-0.2, -0.15) is 4.98 Å². The van der Waals surface area contributed by atoms with E-state index >= 15 is 0 Å². The first kappa shape index (κ1) is 17.4. The van der Waals surface area contributed by atoms with Crippen LogP contribution in [0.2, 0.25) is 0 Å². The Kier molecular flexibility index (Phi) is 3.87. The zero-order chi connectivity index (χ0) is 20.1. The molecule has 3 aromatic rings. The molecule has 0 N–H and O–H groups in total. The molecule has 2 aliphatic rings. The molecule has 0 amide bonds. The molecule has 0 saturated heterocycles. The topological polar surface area (TPSA) is 101 Å². The zero-order valence-corrected chi connectivity index (χ0v) is 15.5. The standard InChI is InChI=1S/C21H16N2O6/c1-11-19(13-4-2-3-5-16(13)27-11)20(26)12-6-7-15-14(10-12)22-21-23(15)29-18(25)9-8-17(24)28-21/h2-5,8-9,12H,6-7,10H2,1H3/b9-8+. The molecule has 0 fully saturated rings. The van der Waals surface area contributed by atoms with Crippen molar-refractivity contribution >= 4 is 28.7 Å². The van der Waals surface area contributed by atoms with Gasteiger partial charge in [-0.05, 0) is 25.8 Å². The van der Waals surface area contributed by atoms with Crippen molar-refractivity contribution in [3.05, 3.63) is 59.1 Å². The summed E-state index contributed by atoms with van der Waals surface area (Å²) in [4.78, 5) is 46.3. The van der Waals surface area contributed by atoms with E-state index in [0.29, 0.717) is 47.6 Å². The minimum atomic E-state index is -0.710. The largest absolute Gasteiger partial charge is 0.461 e. The second-order valence-electron chi connectivity index (χ2n) is 7.08. The first-order valence-corrected chi connectivity index (χ1v) is 9.26. The molecule has 1 aliphatic carbocycles. The number of fused-ring (bicyclic) bond motifs is 4. The van der Waals surface area contributed by atoms with Crippen molar-refractivity contribution in [1.82, 2.24) is 9.71 Å². The summed E-state index contributed by atoms with van der Waals surface area (Å²) in [7, 11) is 0. The lowest BCUT2D eigenvalue weighted by atomic mass is 9.83. The van der Waals surface area contributed by atoms with Gasteiger partial charge in [0.1, 0.15) is 11.3 Å². The molecular formula is C21H16N2O6. The fourth-order valence-electron chi connectivity index (χ4n) is 3.95. The molecule has 0 radical (unpaired) electrons. The Balaban J connectivity index is 1.48. The Labute approximate surface area is 164 Å². The van der Waals surface area contributed by atoms with E-state index in [1.807, 2.05) is 24.3 Å². The van der Waals surface area contributed by atoms with E-state index < -0.39 is 11.9 Å². The molecule has 1 unspecified atom stereocenters. The smallest absolute Gasteiger partial charge is 0.356 e. The third-order valence-corrected chi connectivity index (χ3v) is 5.27. The van der Waals surface area contributed by atoms with E-state index in [0.717, 1.165) is 22.3 Å². The number of aryl methyl sites for hydroxylation is 1. The van der Waals surface area contributed by atoms with Crippen LogP contribution in [-0.2, 0) is 22.4 Å². The Morgan fingerprint density at radius 1 is 1.17 bits per heavy atom. The summed E-state index contributed by atoms with van der Waals surface area (Å²) in [6, 6.07) is 7.35. The number of para-hydroxylation sites is 1. The number of carbonyl (C=O) groups is 3. The highest BCUT2D eigenvalue weighted by molar-refractivity contribution is 6.09. The number of imidazole rings is 1. The lowest BCUT2D eigenvalue weighted by molar-refractivity contribution is -0.143. The van der Waals surface area contributed by atoms with Gasteiger partial charge in [0.15, 0.2) is 5.78 Å². The van der Waals surface area contributed by atoms with Crippen LogP contribution in [0.15, 0.2) is 40.8 Å². The molecule has 1 aromatic carbocycles. The third-order valence-electron chi connectivity index (χ3n) is 5.27. The van der Waals surface area contributed by atoms with Gasteiger partial charge in [0, 0.05) is 29.9 Å². The maximum absolute atomic E-state index is 13.3. The number of nitrogens with zero attached hydrogens (tertiary/aromatic N) is 2. The number of hydrogen-bond acceptors (Lipinski definition) is 7. The minimum Gasteiger partial charge on any atom is -0.461 e. The van der Waals surface area contributed by atoms with Crippen molar-refractivity contribution in [2.45, 2.75) is 26.2 Å². The van der Waals surface area contributed by atoms with Gasteiger partial charge < -0.3 is 14.0 Å². The quantitative estimate of drug-likeness (QED) is 0.487. The van der Waals surface area contributed by atoms with E-state index in [2.05, 4.69) is 4.98 Å². The first-order valence-electron chi connectivity index (χ1n) is 9.26. The number of ketones is 1. The van der Waals surface area contributed by atoms with Crippen molar-refractivity contribution in [3.63, 3.8) is 0 Å². The third kappa shape index (κ3) is 2.84. The van der Waals surface area contributed by atoms with Gasteiger partial charge in [-0.3, -0.25) is 4.79 Å². The zero-order valence-electron chi connectivity index (χ0n) is 15.5. The molecule has 3 heterocycles. The highest BCUT2D eigenvalue weighted by Gasteiger charge is 2.34. The molecule has 8 nitrogen and oxygen atoms in total. The van der Waals surface area contributed by atoms with Crippen LogP contribution < -0.4 is 9.57 Å². The fraction of sp³-hybridized carbons (Fsp3) is 0.238. The normalized spacial score (nSPS) is 19.6. The molecule has 1 atom stereocenters. The summed E-state index contributed by atoms with van der Waals surface area (Å²) >= 11 is 0. The number of benzene rings is 1. The molecule has 1 aliphatic heterocycles. The summed E-state index contributed by atoms with van der Waals surface area (Å²) in [5.41, 5.74) is 2.49. The van der Waals surface area contributed by atoms with Crippen molar-refractivity contribution in [1.29, 1.82) is 0 Å². The number of furan rings is 1. The summed E-state index contributed by atoms with van der Waals surface area (Å²) in [5, 5.41) is 0.798. The van der Waals surface area contributed by atoms with Crippen molar-refractivity contribution in [2.75, 3.05) is 0 Å². The van der Waals surface area contributed by atoms with Gasteiger partial charge in [-0.15, -0.1) is 4.73 Å². The van der Waals surface area contributed by atoms with Crippen molar-refractivity contribution in [3.8, 4) is 6.01 Å². The lowest BCUT2D eigenvalue weighted by Crippen LogP contribution is -2.28. The van der Waals surface area contributed by atoms with E-state index in [1.54, 1.807) is 6.92 Å². The molecule has 0 bridgehead atoms. The van der Waals surface area contributed by atoms with Gasteiger partial charge in [-0.25, -0.2) is 9.59 Å². The number of ether oxygens (including phenoxy) is 1. The molecule has 0 spiro atoms. The Morgan fingerprint density at radius 3 is 2.83 bits per heavy atom. The van der Waals surface area contributed by atoms with E-state index in [-0.39, 0.29) is 17.7 Å². The SMILES string of the molecule is Cc1oc2ccccc2c1C(=O)C1CCc2c(nc3n2OC(=O)/C=C/C(=O)O3)C1. The number of Topliss-reactive ketones (excluding diaryl/α,β-unsaturated/α-hetero) is 1. The second kappa shape index (κ2) is 6.44. The predicted octanol–water partition coefficient (Wildman–Crippen LogP) is 2.36. The molecule has 146 valence electrons. The predicted molar refractivity (Wildman–Crippen MR) is 99.4 cm³/mol. The number of rotatable bonds is 2. The molecular weight excluding hydrogens is 376 g/mol. The second-order valence-corrected chi connectivity index (χ2v) is 7.08. The number of aromatic nitrogens is 2. The lowest BCUT2D eigenvalue weighted by Gasteiger charge is -2.21. The van der Waals surface area contributed by atoms with E-state index in [1.165, 1.54) is 0 Å². The highest BCUT2D eigenvalue weighted by Crippen LogP contribution is 2.34. The maximum atomic E-state index is 13.3. The van der Waals surface area contributed by atoms with Crippen LogP contribution >= 0.6 is 0 Å². The fourth-order valence-corrected chi connectivity index (χ4v) is 3.95. The number of esters is 1. The van der Waals surface area contributed by atoms with Gasteiger partial charge >= 0.3 is 17.9 Å². The monoisotopic (exact) mass is 392 g/mol. The van der Waals surface area contributed by atoms with Gasteiger partial charge in [0.05, 0.1) is 17.0 Å². The molecule has 5 rings (SSSR count). The Morgan fingerprint density at radius 2 is 1.97 bits per heavy atom. The Hall–Kier alpha value is -3.68. The minimum absolute atomic E-state index is 0.00540. The van der Waals surface area contributed by atoms with Crippen LogP contribution in [0, 0.1) is 12.8 Å². The maximum Gasteiger partial charge on any atom is 0.356 e. The van der Waals surface area contributed by atoms with Crippen LogP contribution in [0.25, 0.3) is 11.0 Å². The van der Waals surface area contributed by atoms with E-state index in [9.17, 15) is 14.4 Å². The van der Waals surface area contributed by atoms with Crippen LogP contribution in [0.1, 0.15) is 33.9 Å². The van der Waals surface area contributed by atoms with Crippen LogP contribution in [0.3, 0.4) is 0 Å².